The Balaban J connectivity index is 1.35. The molecule has 1 amide bonds. The normalized spacial score (nSPS) is 22.3. The number of pyridine rings is 1. The average Bonchev–Trinajstić information content (AvgIpc) is 3.59. The minimum atomic E-state index is -0.0189. The van der Waals surface area contributed by atoms with Crippen molar-refractivity contribution in [2.75, 3.05) is 50.7 Å². The summed E-state index contributed by atoms with van der Waals surface area (Å²) in [6, 6.07) is 5.52. The molecule has 0 bridgehead atoms. The van der Waals surface area contributed by atoms with Gasteiger partial charge in [-0.15, -0.1) is 0 Å². The van der Waals surface area contributed by atoms with Crippen LogP contribution in [0.3, 0.4) is 0 Å². The van der Waals surface area contributed by atoms with Gasteiger partial charge in [0.1, 0.15) is 11.5 Å². The lowest BCUT2D eigenvalue weighted by molar-refractivity contribution is 0.0946. The van der Waals surface area contributed by atoms with Gasteiger partial charge in [-0.1, -0.05) is 6.07 Å². The summed E-state index contributed by atoms with van der Waals surface area (Å²) in [7, 11) is 0. The van der Waals surface area contributed by atoms with Gasteiger partial charge in [0.15, 0.2) is 0 Å². The van der Waals surface area contributed by atoms with Crippen LogP contribution in [-0.4, -0.2) is 78.6 Å². The Morgan fingerprint density at radius 2 is 1.83 bits per heavy atom. The Labute approximate surface area is 182 Å². The molecule has 3 aliphatic rings. The van der Waals surface area contributed by atoms with Crippen molar-refractivity contribution < 1.29 is 4.79 Å². The summed E-state index contributed by atoms with van der Waals surface area (Å²) < 4.78 is 0. The fourth-order valence-corrected chi connectivity index (χ4v) is 4.87. The summed E-state index contributed by atoms with van der Waals surface area (Å²) in [5, 5.41) is 3.07. The molecule has 166 valence electrons. The Morgan fingerprint density at radius 3 is 2.53 bits per heavy atom. The van der Waals surface area contributed by atoms with Crippen LogP contribution in [0.4, 0.5) is 5.82 Å². The molecule has 1 N–H and O–H groups in total. The Morgan fingerprint density at radius 1 is 1.07 bits per heavy atom. The van der Waals surface area contributed by atoms with Gasteiger partial charge < -0.3 is 15.1 Å². The molecule has 3 heterocycles. The number of nitrogens with zero attached hydrogens (tertiary/aromatic N) is 4. The third-order valence-corrected chi connectivity index (χ3v) is 7.15. The van der Waals surface area contributed by atoms with Gasteiger partial charge in [0, 0.05) is 44.8 Å². The monoisotopic (exact) mass is 413 g/mol. The van der Waals surface area contributed by atoms with Crippen LogP contribution >= 0.6 is 0 Å². The van der Waals surface area contributed by atoms with Crippen molar-refractivity contribution in [3.63, 3.8) is 0 Å². The quantitative estimate of drug-likeness (QED) is 0.777. The van der Waals surface area contributed by atoms with E-state index in [-0.39, 0.29) is 5.91 Å². The van der Waals surface area contributed by atoms with Crippen LogP contribution < -0.4 is 10.2 Å². The molecule has 1 saturated carbocycles. The van der Waals surface area contributed by atoms with E-state index in [4.69, 9.17) is 4.98 Å². The van der Waals surface area contributed by atoms with Crippen molar-refractivity contribution in [3.05, 3.63) is 23.4 Å². The topological polar surface area (TPSA) is 51.7 Å². The molecule has 0 unspecified atom stereocenters. The number of carbonyl (C=O) groups excluding carboxylic acids is 1. The summed E-state index contributed by atoms with van der Waals surface area (Å²) in [4.78, 5) is 25.1. The summed E-state index contributed by atoms with van der Waals surface area (Å²) in [6.07, 6.45) is 6.21. The molecule has 0 spiro atoms. The van der Waals surface area contributed by atoms with E-state index in [1.807, 2.05) is 6.92 Å². The van der Waals surface area contributed by atoms with E-state index < -0.39 is 0 Å². The third-order valence-electron chi connectivity index (χ3n) is 7.15. The molecule has 1 aromatic heterocycles. The number of carbonyl (C=O) groups is 1. The maximum absolute atomic E-state index is 12.6. The largest absolute Gasteiger partial charge is 0.355 e. The Kier molecular flexibility index (Phi) is 6.94. The number of rotatable bonds is 6. The number of hydrogen-bond acceptors (Lipinski definition) is 5. The number of hydrogen-bond donors (Lipinski definition) is 1. The molecule has 2 saturated heterocycles. The second-order valence-electron chi connectivity index (χ2n) is 9.73. The lowest BCUT2D eigenvalue weighted by atomic mass is 10.0. The van der Waals surface area contributed by atoms with E-state index in [9.17, 15) is 4.79 Å². The second kappa shape index (κ2) is 9.65. The minimum absolute atomic E-state index is 0.0189. The number of piperidine rings is 1. The molecular weight excluding hydrogens is 374 g/mol. The van der Waals surface area contributed by atoms with Crippen molar-refractivity contribution in [1.29, 1.82) is 0 Å². The number of anilines is 1. The summed E-state index contributed by atoms with van der Waals surface area (Å²) in [5.41, 5.74) is 1.55. The molecule has 1 aliphatic carbocycles. The molecular formula is C24H39N5O. The third kappa shape index (κ3) is 5.33. The fourth-order valence-electron chi connectivity index (χ4n) is 4.87. The standard InChI is InChI=1S/C24H39N5O/c1-18(2)27-13-9-21(10-14-27)28-11-4-12-29(16-15-28)22-8-5-19(3)23(26-22)24(30)25-17-20-6-7-20/h5,8,18,20-21H,4,6-7,9-17H2,1-3H3,(H,25,30). The van der Waals surface area contributed by atoms with Crippen LogP contribution in [-0.2, 0) is 0 Å². The zero-order valence-corrected chi connectivity index (χ0v) is 19.1. The number of nitrogens with one attached hydrogen (secondary N) is 1. The highest BCUT2D eigenvalue weighted by atomic mass is 16.1. The highest BCUT2D eigenvalue weighted by molar-refractivity contribution is 5.94. The van der Waals surface area contributed by atoms with Crippen LogP contribution in [0.2, 0.25) is 0 Å². The van der Waals surface area contributed by atoms with Crippen molar-refractivity contribution in [2.24, 2.45) is 5.92 Å². The maximum atomic E-state index is 12.6. The fraction of sp³-hybridized carbons (Fsp3) is 0.750. The predicted molar refractivity (Wildman–Crippen MR) is 122 cm³/mol. The zero-order valence-electron chi connectivity index (χ0n) is 19.1. The van der Waals surface area contributed by atoms with Crippen LogP contribution in [0.5, 0.6) is 0 Å². The molecule has 0 atom stereocenters. The molecule has 6 heteroatoms. The molecule has 30 heavy (non-hydrogen) atoms. The predicted octanol–water partition coefficient (Wildman–Crippen LogP) is 2.91. The number of aromatic nitrogens is 1. The number of likely N-dealkylation sites (tertiary alicyclic amines) is 1. The Hall–Kier alpha value is -1.66. The SMILES string of the molecule is Cc1ccc(N2CCCN(C3CCN(C(C)C)CC3)CC2)nc1C(=O)NCC1CC1. The van der Waals surface area contributed by atoms with E-state index in [0.717, 1.165) is 50.0 Å². The van der Waals surface area contributed by atoms with Crippen molar-refractivity contribution in [1.82, 2.24) is 20.1 Å². The van der Waals surface area contributed by atoms with E-state index in [1.165, 1.54) is 45.3 Å². The molecule has 0 aromatic carbocycles. The van der Waals surface area contributed by atoms with Gasteiger partial charge >= 0.3 is 0 Å². The van der Waals surface area contributed by atoms with Gasteiger partial charge in [0.2, 0.25) is 0 Å². The maximum Gasteiger partial charge on any atom is 0.270 e. The molecule has 2 aliphatic heterocycles. The molecule has 4 rings (SSSR count). The highest BCUT2D eigenvalue weighted by Crippen LogP contribution is 2.28. The van der Waals surface area contributed by atoms with Crippen LogP contribution in [0.25, 0.3) is 0 Å². The van der Waals surface area contributed by atoms with E-state index in [1.54, 1.807) is 0 Å². The zero-order chi connectivity index (χ0) is 21.1. The van der Waals surface area contributed by atoms with Gasteiger partial charge in [-0.3, -0.25) is 9.69 Å². The molecule has 1 aromatic rings. The van der Waals surface area contributed by atoms with Crippen molar-refractivity contribution in [3.8, 4) is 0 Å². The van der Waals surface area contributed by atoms with E-state index in [0.29, 0.717) is 17.7 Å². The first-order valence-electron chi connectivity index (χ1n) is 12.0. The lowest BCUT2D eigenvalue weighted by Crippen LogP contribution is -2.47. The van der Waals surface area contributed by atoms with Gasteiger partial charge in [-0.25, -0.2) is 4.98 Å². The van der Waals surface area contributed by atoms with Crippen LogP contribution in [0.1, 0.15) is 62.0 Å². The second-order valence-corrected chi connectivity index (χ2v) is 9.73. The van der Waals surface area contributed by atoms with E-state index >= 15 is 0 Å². The molecule has 0 radical (unpaired) electrons. The smallest absolute Gasteiger partial charge is 0.270 e. The van der Waals surface area contributed by atoms with Gasteiger partial charge in [-0.2, -0.15) is 0 Å². The summed E-state index contributed by atoms with van der Waals surface area (Å²) in [6.45, 7) is 14.1. The first-order valence-corrected chi connectivity index (χ1v) is 12.0. The minimum Gasteiger partial charge on any atom is -0.355 e. The summed E-state index contributed by atoms with van der Waals surface area (Å²) in [5.74, 6) is 1.62. The highest BCUT2D eigenvalue weighted by Gasteiger charge is 2.28. The number of amides is 1. The first kappa shape index (κ1) is 21.6. The molecule has 6 nitrogen and oxygen atoms in total. The van der Waals surface area contributed by atoms with Gasteiger partial charge in [-0.05, 0) is 83.5 Å². The average molecular weight is 414 g/mol. The van der Waals surface area contributed by atoms with Crippen molar-refractivity contribution in [2.45, 2.75) is 65.0 Å². The van der Waals surface area contributed by atoms with Crippen molar-refractivity contribution >= 4 is 11.7 Å². The van der Waals surface area contributed by atoms with Gasteiger partial charge in [0.25, 0.3) is 5.91 Å². The summed E-state index contributed by atoms with van der Waals surface area (Å²) >= 11 is 0. The van der Waals surface area contributed by atoms with Crippen LogP contribution in [0, 0.1) is 12.8 Å². The first-order chi connectivity index (χ1) is 14.5. The number of aryl methyl sites for hydroxylation is 1. The Bertz CT molecular complexity index is 724. The lowest BCUT2D eigenvalue weighted by Gasteiger charge is -2.39. The van der Waals surface area contributed by atoms with E-state index in [2.05, 4.69) is 46.0 Å². The molecule has 3 fully saturated rings. The van der Waals surface area contributed by atoms with Gasteiger partial charge in [0.05, 0.1) is 0 Å². The van der Waals surface area contributed by atoms with Crippen LogP contribution in [0.15, 0.2) is 12.1 Å².